The maximum Gasteiger partial charge on any atom is 0.226 e. The quantitative estimate of drug-likeness (QED) is 0.706. The van der Waals surface area contributed by atoms with Crippen LogP contribution in [0.2, 0.25) is 0 Å². The maximum absolute atomic E-state index is 12.5. The number of hydrogen-bond acceptors (Lipinski definition) is 5. The van der Waals surface area contributed by atoms with E-state index in [4.69, 9.17) is 0 Å². The van der Waals surface area contributed by atoms with Crippen molar-refractivity contribution in [3.63, 3.8) is 0 Å². The molecule has 0 aromatic carbocycles. The Morgan fingerprint density at radius 1 is 1.40 bits per heavy atom. The monoisotopic (exact) mass is 356 g/mol. The van der Waals surface area contributed by atoms with Crippen LogP contribution in [0.25, 0.3) is 4.96 Å². The Hall–Kier alpha value is -2.25. The first-order valence-electron chi connectivity index (χ1n) is 8.45. The van der Waals surface area contributed by atoms with Gasteiger partial charge in [-0.3, -0.25) is 14.2 Å². The van der Waals surface area contributed by atoms with Crippen molar-refractivity contribution in [3.05, 3.63) is 53.6 Å². The minimum absolute atomic E-state index is 0.0220. The molecule has 0 bridgehead atoms. The number of nitrogens with zero attached hydrogens (tertiary/aromatic N) is 3. The van der Waals surface area contributed by atoms with Crippen molar-refractivity contribution in [1.29, 1.82) is 0 Å². The van der Waals surface area contributed by atoms with Crippen LogP contribution in [0.4, 0.5) is 0 Å². The molecule has 4 rings (SSSR count). The molecule has 130 valence electrons. The van der Waals surface area contributed by atoms with Crippen molar-refractivity contribution in [2.24, 2.45) is 5.92 Å². The first-order valence-corrected chi connectivity index (χ1v) is 9.33. The van der Waals surface area contributed by atoms with E-state index in [1.165, 1.54) is 0 Å². The van der Waals surface area contributed by atoms with E-state index in [9.17, 15) is 9.90 Å². The summed E-state index contributed by atoms with van der Waals surface area (Å²) < 4.78 is 1.93. The first kappa shape index (κ1) is 16.2. The molecule has 2 N–H and O–H groups in total. The highest BCUT2D eigenvalue weighted by molar-refractivity contribution is 7.15. The molecule has 1 amide bonds. The number of nitrogens with one attached hydrogen (secondary N) is 1. The summed E-state index contributed by atoms with van der Waals surface area (Å²) >= 11 is 1.56. The van der Waals surface area contributed by atoms with E-state index in [1.807, 2.05) is 34.3 Å². The standard InChI is InChI=1S/C18H20N4O2S/c23-15-8-13(9-15)16(7-12-1-3-19-4-2-12)21-17(24)10-14-11-22-5-6-25-18(22)20-14/h1-6,11,13,15-16,23H,7-10H2,(H,21,24)/t13?,15?,16-/m1/s1. The number of hydrogen-bond donors (Lipinski definition) is 2. The largest absolute Gasteiger partial charge is 0.393 e. The van der Waals surface area contributed by atoms with Gasteiger partial charge in [0.2, 0.25) is 5.91 Å². The molecule has 7 heteroatoms. The molecule has 25 heavy (non-hydrogen) atoms. The van der Waals surface area contributed by atoms with E-state index in [2.05, 4.69) is 15.3 Å². The number of pyridine rings is 1. The lowest BCUT2D eigenvalue weighted by molar-refractivity contribution is -0.122. The summed E-state index contributed by atoms with van der Waals surface area (Å²) in [6, 6.07) is 3.97. The molecule has 1 aliphatic carbocycles. The number of thiazole rings is 1. The number of fused-ring (bicyclic) bond motifs is 1. The van der Waals surface area contributed by atoms with Crippen molar-refractivity contribution in [3.8, 4) is 0 Å². The van der Waals surface area contributed by atoms with Gasteiger partial charge in [-0.25, -0.2) is 4.98 Å². The predicted octanol–water partition coefficient (Wildman–Crippen LogP) is 1.83. The molecule has 3 aromatic rings. The van der Waals surface area contributed by atoms with Gasteiger partial charge in [0.05, 0.1) is 18.2 Å². The molecule has 0 aliphatic heterocycles. The number of carbonyl (C=O) groups excluding carboxylic acids is 1. The Kier molecular flexibility index (Phi) is 4.50. The zero-order valence-corrected chi connectivity index (χ0v) is 14.5. The summed E-state index contributed by atoms with van der Waals surface area (Å²) in [5, 5.41) is 14.8. The lowest BCUT2D eigenvalue weighted by Crippen LogP contribution is -2.48. The van der Waals surface area contributed by atoms with Gasteiger partial charge in [0.1, 0.15) is 0 Å². The first-order chi connectivity index (χ1) is 12.2. The number of carbonyl (C=O) groups is 1. The Morgan fingerprint density at radius 2 is 2.20 bits per heavy atom. The summed E-state index contributed by atoms with van der Waals surface area (Å²) in [4.78, 5) is 21.9. The van der Waals surface area contributed by atoms with Crippen LogP contribution in [0.15, 0.2) is 42.3 Å². The Labute approximate surface area is 149 Å². The topological polar surface area (TPSA) is 79.5 Å². The summed E-state index contributed by atoms with van der Waals surface area (Å²) in [5.74, 6) is 0.295. The van der Waals surface area contributed by atoms with Crippen LogP contribution in [0.3, 0.4) is 0 Å². The zero-order chi connectivity index (χ0) is 17.2. The van der Waals surface area contributed by atoms with Crippen LogP contribution in [0.5, 0.6) is 0 Å². The zero-order valence-electron chi connectivity index (χ0n) is 13.7. The number of rotatable bonds is 6. The summed E-state index contributed by atoms with van der Waals surface area (Å²) in [6.45, 7) is 0. The van der Waals surface area contributed by atoms with Gasteiger partial charge >= 0.3 is 0 Å². The van der Waals surface area contributed by atoms with Gasteiger partial charge in [0.25, 0.3) is 0 Å². The summed E-state index contributed by atoms with van der Waals surface area (Å²) in [6.07, 6.45) is 9.66. The number of imidazole rings is 1. The Bertz CT molecular complexity index is 826. The van der Waals surface area contributed by atoms with Gasteiger partial charge in [-0.1, -0.05) is 0 Å². The van der Waals surface area contributed by atoms with Crippen molar-refractivity contribution in [1.82, 2.24) is 19.7 Å². The van der Waals surface area contributed by atoms with Gasteiger partial charge < -0.3 is 10.4 Å². The van der Waals surface area contributed by atoms with Gasteiger partial charge in [0, 0.05) is 36.2 Å². The second-order valence-electron chi connectivity index (χ2n) is 6.62. The molecule has 1 fully saturated rings. The van der Waals surface area contributed by atoms with Crippen LogP contribution in [-0.4, -0.2) is 37.5 Å². The smallest absolute Gasteiger partial charge is 0.226 e. The van der Waals surface area contributed by atoms with E-state index >= 15 is 0 Å². The van der Waals surface area contributed by atoms with Crippen molar-refractivity contribution < 1.29 is 9.90 Å². The second-order valence-corrected chi connectivity index (χ2v) is 7.49. The van der Waals surface area contributed by atoms with Crippen molar-refractivity contribution in [2.45, 2.75) is 37.8 Å². The average Bonchev–Trinajstić information content (AvgIpc) is 3.13. The molecule has 1 aliphatic rings. The minimum atomic E-state index is -0.234. The third kappa shape index (κ3) is 3.72. The highest BCUT2D eigenvalue weighted by Crippen LogP contribution is 2.31. The van der Waals surface area contributed by atoms with Crippen LogP contribution in [-0.2, 0) is 17.6 Å². The number of aliphatic hydroxyl groups excluding tert-OH is 1. The molecule has 0 radical (unpaired) electrons. The van der Waals surface area contributed by atoms with Crippen LogP contribution < -0.4 is 5.32 Å². The molecule has 1 saturated carbocycles. The van der Waals surface area contributed by atoms with Crippen molar-refractivity contribution in [2.75, 3.05) is 0 Å². The Balaban J connectivity index is 1.42. The molecule has 3 aromatic heterocycles. The maximum atomic E-state index is 12.5. The molecule has 3 heterocycles. The number of aliphatic hydroxyl groups is 1. The van der Waals surface area contributed by atoms with Crippen LogP contribution >= 0.6 is 11.3 Å². The number of aromatic nitrogens is 3. The van der Waals surface area contributed by atoms with Gasteiger partial charge in [-0.2, -0.15) is 0 Å². The van der Waals surface area contributed by atoms with E-state index in [0.29, 0.717) is 5.92 Å². The molecule has 0 saturated heterocycles. The summed E-state index contributed by atoms with van der Waals surface area (Å²) in [7, 11) is 0. The molecule has 6 nitrogen and oxygen atoms in total. The van der Waals surface area contributed by atoms with E-state index < -0.39 is 0 Å². The highest BCUT2D eigenvalue weighted by atomic mass is 32.1. The fraction of sp³-hybridized carbons (Fsp3) is 0.389. The lowest BCUT2D eigenvalue weighted by Gasteiger charge is -2.38. The fourth-order valence-corrected chi connectivity index (χ4v) is 4.07. The third-order valence-corrected chi connectivity index (χ3v) is 5.53. The van der Waals surface area contributed by atoms with E-state index in [0.717, 1.165) is 35.5 Å². The third-order valence-electron chi connectivity index (χ3n) is 4.75. The predicted molar refractivity (Wildman–Crippen MR) is 95.4 cm³/mol. The number of amides is 1. The van der Waals surface area contributed by atoms with Crippen LogP contribution in [0.1, 0.15) is 24.1 Å². The lowest BCUT2D eigenvalue weighted by atomic mass is 9.75. The molecule has 0 spiro atoms. The van der Waals surface area contributed by atoms with Crippen molar-refractivity contribution >= 4 is 22.2 Å². The summed E-state index contributed by atoms with van der Waals surface area (Å²) in [5.41, 5.74) is 1.92. The molecule has 0 unspecified atom stereocenters. The highest BCUT2D eigenvalue weighted by Gasteiger charge is 2.34. The minimum Gasteiger partial charge on any atom is -0.393 e. The normalized spacial score (nSPS) is 21.0. The van der Waals surface area contributed by atoms with Gasteiger partial charge in [0.15, 0.2) is 4.96 Å². The second kappa shape index (κ2) is 6.93. The van der Waals surface area contributed by atoms with Crippen LogP contribution in [0, 0.1) is 5.92 Å². The van der Waals surface area contributed by atoms with Gasteiger partial charge in [-0.15, -0.1) is 11.3 Å². The van der Waals surface area contributed by atoms with E-state index in [-0.39, 0.29) is 24.5 Å². The fourth-order valence-electron chi connectivity index (χ4n) is 3.35. The molecule has 1 atom stereocenters. The molecular weight excluding hydrogens is 336 g/mol. The van der Waals surface area contributed by atoms with E-state index in [1.54, 1.807) is 23.7 Å². The Morgan fingerprint density at radius 3 is 2.92 bits per heavy atom. The van der Waals surface area contributed by atoms with Gasteiger partial charge in [-0.05, 0) is 42.9 Å². The average molecular weight is 356 g/mol. The SMILES string of the molecule is O=C(Cc1cn2ccsc2n1)N[C@H](Cc1ccncc1)C1CC(O)C1. The molecular formula is C18H20N4O2S.